The van der Waals surface area contributed by atoms with Crippen LogP contribution in [-0.4, -0.2) is 35.1 Å². The van der Waals surface area contributed by atoms with Gasteiger partial charge >= 0.3 is 0 Å². The van der Waals surface area contributed by atoms with Crippen LogP contribution in [0, 0.1) is 40.4 Å². The van der Waals surface area contributed by atoms with Crippen LogP contribution in [0.25, 0.3) is 0 Å². The lowest BCUT2D eigenvalue weighted by molar-refractivity contribution is -0.162. The van der Waals surface area contributed by atoms with Gasteiger partial charge in [0, 0.05) is 7.11 Å². The van der Waals surface area contributed by atoms with E-state index in [4.69, 9.17) is 4.74 Å². The van der Waals surface area contributed by atoms with Crippen LogP contribution < -0.4 is 0 Å². The first-order valence-electron chi connectivity index (χ1n) is 12.9. The van der Waals surface area contributed by atoms with E-state index in [-0.39, 0.29) is 0 Å². The molecule has 4 aliphatic rings. The summed E-state index contributed by atoms with van der Waals surface area (Å²) in [5, 5.41) is 21.2. The Balaban J connectivity index is 1.45. The minimum absolute atomic E-state index is 0.420. The lowest BCUT2D eigenvalue weighted by Crippen LogP contribution is -2.56. The molecule has 0 aromatic heterocycles. The smallest absolute Gasteiger partial charge is 0.0883 e. The summed E-state index contributed by atoms with van der Waals surface area (Å²) >= 11 is 0. The highest BCUT2D eigenvalue weighted by molar-refractivity contribution is 5.10. The maximum atomic E-state index is 11.0. The molecule has 0 aromatic carbocycles. The number of ether oxygens (including phenoxy) is 1. The van der Waals surface area contributed by atoms with E-state index in [1.54, 1.807) is 7.11 Å². The van der Waals surface area contributed by atoms with Gasteiger partial charge in [0.05, 0.1) is 17.8 Å². The van der Waals surface area contributed by atoms with Crippen molar-refractivity contribution in [1.82, 2.24) is 0 Å². The van der Waals surface area contributed by atoms with Gasteiger partial charge in [-0.2, -0.15) is 0 Å². The van der Waals surface area contributed by atoms with E-state index >= 15 is 0 Å². The van der Waals surface area contributed by atoms with Crippen LogP contribution in [0.2, 0.25) is 0 Å². The fraction of sp³-hybridized carbons (Fsp3) is 1.00. The normalized spacial score (nSPS) is 48.7. The average molecular weight is 421 g/mol. The molecule has 0 spiro atoms. The molecule has 4 saturated carbocycles. The van der Waals surface area contributed by atoms with Crippen LogP contribution in [0.1, 0.15) is 105 Å². The second kappa shape index (κ2) is 8.03. The third-order valence-electron chi connectivity index (χ3n) is 10.8. The van der Waals surface area contributed by atoms with E-state index in [1.165, 1.54) is 57.8 Å². The van der Waals surface area contributed by atoms with E-state index in [2.05, 4.69) is 13.8 Å². The van der Waals surface area contributed by atoms with Crippen LogP contribution in [-0.2, 0) is 4.74 Å². The van der Waals surface area contributed by atoms with E-state index in [1.807, 2.05) is 13.8 Å². The molecule has 3 nitrogen and oxygen atoms in total. The molecule has 0 radical (unpaired) electrons. The van der Waals surface area contributed by atoms with Gasteiger partial charge in [-0.05, 0) is 125 Å². The molecule has 3 heteroatoms. The number of hydrogen-bond donors (Lipinski definition) is 2. The van der Waals surface area contributed by atoms with E-state index < -0.39 is 11.2 Å². The fourth-order valence-electron chi connectivity index (χ4n) is 9.09. The summed E-state index contributed by atoms with van der Waals surface area (Å²) in [6, 6.07) is 0. The Morgan fingerprint density at radius 3 is 2.37 bits per heavy atom. The van der Waals surface area contributed by atoms with Crippen molar-refractivity contribution in [3.05, 3.63) is 0 Å². The molecule has 174 valence electrons. The Morgan fingerprint density at radius 1 is 0.933 bits per heavy atom. The molecular weight excluding hydrogens is 372 g/mol. The lowest BCUT2D eigenvalue weighted by Gasteiger charge is -2.62. The Bertz CT molecular complexity index is 612. The highest BCUT2D eigenvalue weighted by Gasteiger charge is 2.61. The molecule has 8 atom stereocenters. The summed E-state index contributed by atoms with van der Waals surface area (Å²) in [6.07, 6.45) is 14.8. The Labute approximate surface area is 185 Å². The minimum Gasteiger partial charge on any atom is -0.390 e. The van der Waals surface area contributed by atoms with Gasteiger partial charge in [-0.3, -0.25) is 0 Å². The van der Waals surface area contributed by atoms with Crippen LogP contribution in [0.3, 0.4) is 0 Å². The third-order valence-corrected chi connectivity index (χ3v) is 10.8. The first kappa shape index (κ1) is 23.1. The molecule has 0 heterocycles. The molecule has 4 rings (SSSR count). The predicted octanol–water partition coefficient (Wildman–Crippen LogP) is 5.96. The number of rotatable bonds is 6. The van der Waals surface area contributed by atoms with Crippen LogP contribution in [0.5, 0.6) is 0 Å². The molecule has 0 amide bonds. The number of aliphatic hydroxyl groups is 2. The van der Waals surface area contributed by atoms with Crippen molar-refractivity contribution in [2.75, 3.05) is 13.7 Å². The van der Waals surface area contributed by atoms with Crippen molar-refractivity contribution < 1.29 is 14.9 Å². The lowest BCUT2D eigenvalue weighted by atomic mass is 9.44. The zero-order valence-electron chi connectivity index (χ0n) is 20.4. The minimum atomic E-state index is -0.589. The zero-order valence-corrected chi connectivity index (χ0v) is 20.4. The van der Waals surface area contributed by atoms with Crippen LogP contribution in [0.4, 0.5) is 0 Å². The second-order valence-corrected chi connectivity index (χ2v) is 13.0. The summed E-state index contributed by atoms with van der Waals surface area (Å²) in [4.78, 5) is 0. The van der Waals surface area contributed by atoms with Crippen molar-refractivity contribution in [3.63, 3.8) is 0 Å². The molecule has 2 N–H and O–H groups in total. The molecule has 0 bridgehead atoms. The third kappa shape index (κ3) is 4.01. The van der Waals surface area contributed by atoms with Crippen molar-refractivity contribution >= 4 is 0 Å². The second-order valence-electron chi connectivity index (χ2n) is 13.0. The first-order valence-corrected chi connectivity index (χ1v) is 12.9. The van der Waals surface area contributed by atoms with Crippen molar-refractivity contribution in [2.24, 2.45) is 40.4 Å². The predicted molar refractivity (Wildman–Crippen MR) is 122 cm³/mol. The summed E-state index contributed by atoms with van der Waals surface area (Å²) in [7, 11) is 1.72. The van der Waals surface area contributed by atoms with Gasteiger partial charge in [-0.25, -0.2) is 0 Å². The first-order chi connectivity index (χ1) is 14.0. The van der Waals surface area contributed by atoms with Gasteiger partial charge in [-0.15, -0.1) is 0 Å². The highest BCUT2D eigenvalue weighted by atomic mass is 16.5. The Hall–Kier alpha value is -0.120. The SMILES string of the molecule is COC[C@]1(O)CC[C@@]2(C)[C@@H](CC[C@@H]3[C@@H]2CC[C@]2(C)[C@@H](CCCC(C)(C)O)CC[C@@H]32)C1. The zero-order chi connectivity index (χ0) is 21.8. The summed E-state index contributed by atoms with van der Waals surface area (Å²) in [5.74, 6) is 4.19. The van der Waals surface area contributed by atoms with Crippen molar-refractivity contribution in [3.8, 4) is 0 Å². The summed E-state index contributed by atoms with van der Waals surface area (Å²) in [5.41, 5.74) is -0.165. The van der Waals surface area contributed by atoms with E-state index in [9.17, 15) is 10.2 Å². The van der Waals surface area contributed by atoms with Gasteiger partial charge in [0.15, 0.2) is 0 Å². The topological polar surface area (TPSA) is 49.7 Å². The maximum Gasteiger partial charge on any atom is 0.0883 e. The molecule has 4 aliphatic carbocycles. The van der Waals surface area contributed by atoms with Gasteiger partial charge in [-0.1, -0.05) is 20.3 Å². The monoisotopic (exact) mass is 420 g/mol. The Kier molecular flexibility index (Phi) is 6.17. The van der Waals surface area contributed by atoms with E-state index in [0.717, 1.165) is 42.9 Å². The maximum absolute atomic E-state index is 11.0. The van der Waals surface area contributed by atoms with Crippen LogP contribution in [0.15, 0.2) is 0 Å². The summed E-state index contributed by atoms with van der Waals surface area (Å²) < 4.78 is 5.37. The molecule has 4 fully saturated rings. The van der Waals surface area contributed by atoms with Crippen molar-refractivity contribution in [2.45, 2.75) is 116 Å². The number of hydrogen-bond acceptors (Lipinski definition) is 3. The van der Waals surface area contributed by atoms with Crippen molar-refractivity contribution in [1.29, 1.82) is 0 Å². The standard InChI is InChI=1S/C27H48O3/c1-24(2,28)13-6-7-19-9-11-22-21-10-8-20-17-27(29,18-30-5)16-15-26(20,4)23(21)12-14-25(19,22)3/h19-23,28-29H,6-18H2,1-5H3/t19-,20-,21-,22-,23-,25+,26-,27-/m0/s1. The van der Waals surface area contributed by atoms with Gasteiger partial charge in [0.2, 0.25) is 0 Å². The average Bonchev–Trinajstić information content (AvgIpc) is 2.98. The largest absolute Gasteiger partial charge is 0.390 e. The quantitative estimate of drug-likeness (QED) is 0.557. The molecule has 30 heavy (non-hydrogen) atoms. The van der Waals surface area contributed by atoms with Gasteiger partial charge in [0.1, 0.15) is 0 Å². The highest BCUT2D eigenvalue weighted by Crippen LogP contribution is 2.68. The number of methoxy groups -OCH3 is 1. The van der Waals surface area contributed by atoms with Crippen LogP contribution >= 0.6 is 0 Å². The fourth-order valence-corrected chi connectivity index (χ4v) is 9.09. The van der Waals surface area contributed by atoms with Gasteiger partial charge in [0.25, 0.3) is 0 Å². The molecule has 0 aliphatic heterocycles. The summed E-state index contributed by atoms with van der Waals surface area (Å²) in [6.45, 7) is 9.62. The van der Waals surface area contributed by atoms with Gasteiger partial charge < -0.3 is 14.9 Å². The molecule has 0 saturated heterocycles. The Morgan fingerprint density at radius 2 is 1.67 bits per heavy atom. The van der Waals surface area contributed by atoms with E-state index in [0.29, 0.717) is 23.4 Å². The molecule has 0 unspecified atom stereocenters. The number of fused-ring (bicyclic) bond motifs is 5. The molecule has 0 aromatic rings. The molecular formula is C27H48O3.